The van der Waals surface area contributed by atoms with Crippen molar-refractivity contribution in [2.24, 2.45) is 0 Å². The summed E-state index contributed by atoms with van der Waals surface area (Å²) < 4.78 is 7.79. The summed E-state index contributed by atoms with van der Waals surface area (Å²) >= 11 is 0. The summed E-state index contributed by atoms with van der Waals surface area (Å²) in [6, 6.07) is 21.9. The molecule has 0 atom stereocenters. The molecule has 1 aliphatic rings. The first-order valence-corrected chi connectivity index (χ1v) is 9.66. The molecule has 0 saturated heterocycles. The van der Waals surface area contributed by atoms with E-state index in [1.165, 1.54) is 10.8 Å². The number of nitrogens with zero attached hydrogens (tertiary/aromatic N) is 3. The first-order valence-electron chi connectivity index (χ1n) is 9.66. The number of rotatable bonds is 4. The van der Waals surface area contributed by atoms with E-state index in [1.54, 1.807) is 4.57 Å². The summed E-state index contributed by atoms with van der Waals surface area (Å²) in [5.74, 6) is 1.61. The molecule has 0 unspecified atom stereocenters. The first-order chi connectivity index (χ1) is 13.8. The highest BCUT2D eigenvalue weighted by Crippen LogP contribution is 2.22. The fraction of sp³-hybridized carbons (Fsp3) is 0.217. The van der Waals surface area contributed by atoms with Gasteiger partial charge in [-0.15, -0.1) is 0 Å². The van der Waals surface area contributed by atoms with E-state index in [1.807, 2.05) is 42.5 Å². The van der Waals surface area contributed by atoms with Crippen molar-refractivity contribution in [2.45, 2.75) is 13.0 Å². The van der Waals surface area contributed by atoms with Gasteiger partial charge in [-0.2, -0.15) is 0 Å². The second kappa shape index (κ2) is 7.00. The number of para-hydroxylation sites is 1. The minimum atomic E-state index is 0.0424. The lowest BCUT2D eigenvalue weighted by Crippen LogP contribution is -2.40. The van der Waals surface area contributed by atoms with Crippen molar-refractivity contribution in [3.05, 3.63) is 77.1 Å². The Hall–Kier alpha value is -3.34. The quantitative estimate of drug-likeness (QED) is 0.547. The minimum Gasteiger partial charge on any atom is -0.492 e. The Morgan fingerprint density at radius 3 is 2.68 bits per heavy atom. The second-order valence-corrected chi connectivity index (χ2v) is 7.08. The monoisotopic (exact) mass is 371 g/mol. The average Bonchev–Trinajstić information content (AvgIpc) is 2.74. The van der Waals surface area contributed by atoms with Crippen molar-refractivity contribution >= 4 is 27.6 Å². The van der Waals surface area contributed by atoms with Crippen LogP contribution in [0.2, 0.25) is 0 Å². The van der Waals surface area contributed by atoms with Crippen LogP contribution in [-0.4, -0.2) is 29.2 Å². The van der Waals surface area contributed by atoms with Gasteiger partial charge in [0.2, 0.25) is 5.95 Å². The Bertz CT molecular complexity index is 1220. The summed E-state index contributed by atoms with van der Waals surface area (Å²) in [5, 5.41) is 3.05. The van der Waals surface area contributed by atoms with Crippen LogP contribution in [0.3, 0.4) is 0 Å². The molecule has 1 aliphatic heterocycles. The molecule has 0 spiro atoms. The van der Waals surface area contributed by atoms with Gasteiger partial charge in [0.25, 0.3) is 5.56 Å². The number of aromatic nitrogens is 2. The molecule has 0 radical (unpaired) electrons. The second-order valence-electron chi connectivity index (χ2n) is 7.08. The van der Waals surface area contributed by atoms with Gasteiger partial charge in [-0.1, -0.05) is 42.5 Å². The van der Waals surface area contributed by atoms with E-state index in [9.17, 15) is 4.79 Å². The lowest BCUT2D eigenvalue weighted by atomic mass is 10.1. The van der Waals surface area contributed by atoms with Crippen LogP contribution in [0, 0.1) is 0 Å². The Balaban J connectivity index is 1.36. The van der Waals surface area contributed by atoms with Gasteiger partial charge in [0, 0.05) is 13.1 Å². The lowest BCUT2D eigenvalue weighted by Gasteiger charge is -2.30. The van der Waals surface area contributed by atoms with Crippen LogP contribution in [0.1, 0.15) is 6.42 Å². The molecule has 0 bridgehead atoms. The Kier molecular flexibility index (Phi) is 4.20. The molecule has 5 rings (SSSR count). The maximum atomic E-state index is 12.8. The van der Waals surface area contributed by atoms with Gasteiger partial charge in [-0.25, -0.2) is 4.98 Å². The third-order valence-corrected chi connectivity index (χ3v) is 5.28. The van der Waals surface area contributed by atoms with Gasteiger partial charge in [-0.05, 0) is 41.5 Å². The van der Waals surface area contributed by atoms with E-state index < -0.39 is 0 Å². The number of ether oxygens (including phenoxy) is 1. The van der Waals surface area contributed by atoms with Gasteiger partial charge in [0.1, 0.15) is 12.4 Å². The third kappa shape index (κ3) is 2.99. The third-order valence-electron chi connectivity index (χ3n) is 5.28. The Morgan fingerprint density at radius 1 is 0.929 bits per heavy atom. The van der Waals surface area contributed by atoms with E-state index >= 15 is 0 Å². The van der Waals surface area contributed by atoms with Gasteiger partial charge in [0.15, 0.2) is 0 Å². The highest BCUT2D eigenvalue weighted by molar-refractivity contribution is 5.83. The molecule has 2 heterocycles. The summed E-state index contributed by atoms with van der Waals surface area (Å²) in [6.07, 6.45) is 0.933. The maximum Gasteiger partial charge on any atom is 0.262 e. The molecule has 5 nitrogen and oxygen atoms in total. The fourth-order valence-electron chi connectivity index (χ4n) is 3.86. The van der Waals surface area contributed by atoms with Gasteiger partial charge in [0.05, 0.1) is 17.4 Å². The molecule has 4 aromatic rings. The largest absolute Gasteiger partial charge is 0.492 e. The average molecular weight is 371 g/mol. The SMILES string of the molecule is O=c1c2ccccc2nc2n1CCCN2CCOc1ccc2ccccc2c1. The molecular weight excluding hydrogens is 350 g/mol. The summed E-state index contributed by atoms with van der Waals surface area (Å²) in [6.45, 7) is 2.83. The molecule has 0 N–H and O–H groups in total. The van der Waals surface area contributed by atoms with Crippen LogP contribution in [0.5, 0.6) is 5.75 Å². The van der Waals surface area contributed by atoms with E-state index in [4.69, 9.17) is 9.72 Å². The van der Waals surface area contributed by atoms with Crippen LogP contribution < -0.4 is 15.2 Å². The molecule has 28 heavy (non-hydrogen) atoms. The van der Waals surface area contributed by atoms with E-state index in [2.05, 4.69) is 29.2 Å². The van der Waals surface area contributed by atoms with E-state index in [-0.39, 0.29) is 5.56 Å². The number of anilines is 1. The molecule has 5 heteroatoms. The van der Waals surface area contributed by atoms with E-state index in [0.29, 0.717) is 25.1 Å². The van der Waals surface area contributed by atoms with Crippen molar-refractivity contribution in [1.82, 2.24) is 9.55 Å². The molecule has 0 saturated carbocycles. The van der Waals surface area contributed by atoms with Crippen molar-refractivity contribution < 1.29 is 4.74 Å². The molecular formula is C23H21N3O2. The zero-order valence-corrected chi connectivity index (χ0v) is 15.5. The van der Waals surface area contributed by atoms with Crippen LogP contribution >= 0.6 is 0 Å². The predicted octanol–water partition coefficient (Wildman–Crippen LogP) is 3.84. The lowest BCUT2D eigenvalue weighted by molar-refractivity contribution is 0.319. The van der Waals surface area contributed by atoms with Crippen molar-refractivity contribution in [1.29, 1.82) is 0 Å². The summed E-state index contributed by atoms with van der Waals surface area (Å²) in [4.78, 5) is 19.7. The molecule has 140 valence electrons. The smallest absolute Gasteiger partial charge is 0.262 e. The highest BCUT2D eigenvalue weighted by atomic mass is 16.5. The Labute approximate surface area is 162 Å². The van der Waals surface area contributed by atoms with Crippen molar-refractivity contribution in [3.63, 3.8) is 0 Å². The summed E-state index contributed by atoms with van der Waals surface area (Å²) in [7, 11) is 0. The first kappa shape index (κ1) is 16.8. The fourth-order valence-corrected chi connectivity index (χ4v) is 3.86. The predicted molar refractivity (Wildman–Crippen MR) is 112 cm³/mol. The molecule has 0 fully saturated rings. The normalized spacial score (nSPS) is 13.6. The molecule has 3 aromatic carbocycles. The molecule has 0 aliphatic carbocycles. The standard InChI is InChI=1S/C23H21N3O2/c27-22-20-8-3-4-9-21(20)24-23-25(12-5-13-26(22)23)14-15-28-19-11-10-17-6-1-2-7-18(17)16-19/h1-4,6-11,16H,5,12-15H2. The topological polar surface area (TPSA) is 47.4 Å². The van der Waals surface area contributed by atoms with Crippen LogP contribution in [0.25, 0.3) is 21.7 Å². The van der Waals surface area contributed by atoms with Crippen molar-refractivity contribution in [3.8, 4) is 5.75 Å². The molecule has 1 aromatic heterocycles. The molecule has 0 amide bonds. The van der Waals surface area contributed by atoms with Crippen LogP contribution in [0.4, 0.5) is 5.95 Å². The number of hydrogen-bond donors (Lipinski definition) is 0. The van der Waals surface area contributed by atoms with Gasteiger partial charge in [-0.3, -0.25) is 9.36 Å². The number of fused-ring (bicyclic) bond motifs is 3. The van der Waals surface area contributed by atoms with Crippen LogP contribution in [-0.2, 0) is 6.54 Å². The van der Waals surface area contributed by atoms with Gasteiger partial charge < -0.3 is 9.64 Å². The highest BCUT2D eigenvalue weighted by Gasteiger charge is 2.20. The van der Waals surface area contributed by atoms with Crippen LogP contribution in [0.15, 0.2) is 71.5 Å². The zero-order chi connectivity index (χ0) is 18.9. The zero-order valence-electron chi connectivity index (χ0n) is 15.5. The maximum absolute atomic E-state index is 12.8. The number of hydrogen-bond acceptors (Lipinski definition) is 4. The van der Waals surface area contributed by atoms with Gasteiger partial charge >= 0.3 is 0 Å². The van der Waals surface area contributed by atoms with Crippen molar-refractivity contribution in [2.75, 3.05) is 24.6 Å². The van der Waals surface area contributed by atoms with E-state index in [0.717, 1.165) is 30.2 Å². The Morgan fingerprint density at radius 2 is 1.75 bits per heavy atom. The summed E-state index contributed by atoms with van der Waals surface area (Å²) in [5.41, 5.74) is 0.793. The minimum absolute atomic E-state index is 0.0424. The number of benzene rings is 3.